The van der Waals surface area contributed by atoms with Crippen molar-refractivity contribution in [1.29, 1.82) is 0 Å². The molecule has 0 unspecified atom stereocenters. The zero-order chi connectivity index (χ0) is 17.1. The van der Waals surface area contributed by atoms with Crippen LogP contribution in [-0.4, -0.2) is 29.9 Å². The second kappa shape index (κ2) is 7.49. The number of benzene rings is 1. The van der Waals surface area contributed by atoms with Crippen LogP contribution in [0.1, 0.15) is 63.4 Å². The molecule has 0 radical (unpaired) electrons. The normalized spacial score (nSPS) is 24.8. The smallest absolute Gasteiger partial charge is 0.223 e. The first-order valence-electron chi connectivity index (χ1n) is 10.3. The predicted octanol–water partition coefficient (Wildman–Crippen LogP) is 4.13. The van der Waals surface area contributed by atoms with Gasteiger partial charge in [0.25, 0.3) is 0 Å². The van der Waals surface area contributed by atoms with E-state index >= 15 is 0 Å². The van der Waals surface area contributed by atoms with Crippen molar-refractivity contribution in [2.75, 3.05) is 13.1 Å². The van der Waals surface area contributed by atoms with Gasteiger partial charge in [0.15, 0.2) is 0 Å². The van der Waals surface area contributed by atoms with Gasteiger partial charge in [0.05, 0.1) is 0 Å². The summed E-state index contributed by atoms with van der Waals surface area (Å²) < 4.78 is 0. The fourth-order valence-electron chi connectivity index (χ4n) is 5.28. The Kier molecular flexibility index (Phi) is 5.12. The summed E-state index contributed by atoms with van der Waals surface area (Å²) in [6.07, 6.45) is 11.4. The molecule has 3 heteroatoms. The fourth-order valence-corrected chi connectivity index (χ4v) is 5.28. The molecular weight excluding hydrogens is 308 g/mol. The van der Waals surface area contributed by atoms with E-state index in [2.05, 4.69) is 40.5 Å². The van der Waals surface area contributed by atoms with Crippen molar-refractivity contribution in [2.24, 2.45) is 11.3 Å². The summed E-state index contributed by atoms with van der Waals surface area (Å²) in [5, 5.41) is 3.36. The van der Waals surface area contributed by atoms with Crippen LogP contribution in [0.4, 0.5) is 0 Å². The number of amides is 1. The van der Waals surface area contributed by atoms with E-state index in [-0.39, 0.29) is 0 Å². The minimum atomic E-state index is 0.306. The maximum absolute atomic E-state index is 12.6. The summed E-state index contributed by atoms with van der Waals surface area (Å²) in [4.78, 5) is 15.1. The van der Waals surface area contributed by atoms with Crippen LogP contribution < -0.4 is 5.32 Å². The summed E-state index contributed by atoms with van der Waals surface area (Å²) in [6.45, 7) is 3.22. The van der Waals surface area contributed by atoms with Gasteiger partial charge in [-0.15, -0.1) is 0 Å². The van der Waals surface area contributed by atoms with Gasteiger partial charge in [-0.1, -0.05) is 49.6 Å². The lowest BCUT2D eigenvalue weighted by Gasteiger charge is -2.50. The van der Waals surface area contributed by atoms with E-state index < -0.39 is 0 Å². The summed E-state index contributed by atoms with van der Waals surface area (Å²) in [7, 11) is 0. The predicted molar refractivity (Wildman–Crippen MR) is 101 cm³/mol. The van der Waals surface area contributed by atoms with Gasteiger partial charge in [0.1, 0.15) is 0 Å². The van der Waals surface area contributed by atoms with E-state index in [0.29, 0.717) is 23.3 Å². The standard InChI is InChI=1S/C22H32N2O/c25-21(19-15-22(16-19)11-5-2-6-12-22)23-20-9-13-24(14-10-20)17-18-7-3-1-4-8-18/h1,3-4,7-8,19-20H,2,5-6,9-17H2,(H,23,25). The number of hydrogen-bond donors (Lipinski definition) is 1. The third-order valence-corrected chi connectivity index (χ3v) is 6.83. The monoisotopic (exact) mass is 340 g/mol. The molecule has 3 fully saturated rings. The maximum Gasteiger partial charge on any atom is 0.223 e. The lowest BCUT2D eigenvalue weighted by molar-refractivity contribution is -0.135. The maximum atomic E-state index is 12.6. The second-order valence-electron chi connectivity index (χ2n) is 8.71. The highest BCUT2D eigenvalue weighted by Gasteiger charge is 2.47. The quantitative estimate of drug-likeness (QED) is 0.894. The third-order valence-electron chi connectivity index (χ3n) is 6.83. The van der Waals surface area contributed by atoms with E-state index in [1.54, 1.807) is 0 Å². The summed E-state index contributed by atoms with van der Waals surface area (Å²) >= 11 is 0. The van der Waals surface area contributed by atoms with Crippen LogP contribution >= 0.6 is 0 Å². The van der Waals surface area contributed by atoms with Crippen molar-refractivity contribution < 1.29 is 4.79 Å². The molecule has 0 atom stereocenters. The molecule has 1 aromatic rings. The number of carbonyl (C=O) groups is 1. The highest BCUT2D eigenvalue weighted by atomic mass is 16.2. The Hall–Kier alpha value is -1.35. The first-order valence-corrected chi connectivity index (χ1v) is 10.3. The molecule has 25 heavy (non-hydrogen) atoms. The first-order chi connectivity index (χ1) is 12.2. The van der Waals surface area contributed by atoms with Crippen LogP contribution in [0, 0.1) is 11.3 Å². The van der Waals surface area contributed by atoms with Crippen LogP contribution in [0.25, 0.3) is 0 Å². The molecule has 3 aliphatic rings. The molecule has 1 saturated heterocycles. The van der Waals surface area contributed by atoms with Gasteiger partial charge in [-0.25, -0.2) is 0 Å². The number of rotatable bonds is 4. The molecule has 1 heterocycles. The van der Waals surface area contributed by atoms with Crippen LogP contribution in [0.15, 0.2) is 30.3 Å². The Morgan fingerprint density at radius 1 is 1.04 bits per heavy atom. The number of hydrogen-bond acceptors (Lipinski definition) is 2. The van der Waals surface area contributed by atoms with Crippen molar-refractivity contribution in [2.45, 2.75) is 70.4 Å². The van der Waals surface area contributed by atoms with Gasteiger partial charge < -0.3 is 5.32 Å². The minimum absolute atomic E-state index is 0.306. The molecule has 2 saturated carbocycles. The van der Waals surface area contributed by atoms with Crippen LogP contribution in [0.2, 0.25) is 0 Å². The Labute approximate surface area is 152 Å². The molecule has 4 rings (SSSR count). The topological polar surface area (TPSA) is 32.3 Å². The summed E-state index contributed by atoms with van der Waals surface area (Å²) in [6, 6.07) is 11.1. The van der Waals surface area contributed by atoms with Gasteiger partial charge in [-0.05, 0) is 49.5 Å². The van der Waals surface area contributed by atoms with E-state index in [1.807, 2.05) is 0 Å². The largest absolute Gasteiger partial charge is 0.353 e. The number of nitrogens with zero attached hydrogens (tertiary/aromatic N) is 1. The molecule has 2 aliphatic carbocycles. The Morgan fingerprint density at radius 3 is 2.40 bits per heavy atom. The Morgan fingerprint density at radius 2 is 1.72 bits per heavy atom. The zero-order valence-corrected chi connectivity index (χ0v) is 15.4. The lowest BCUT2D eigenvalue weighted by atomic mass is 9.55. The summed E-state index contributed by atoms with van der Waals surface area (Å²) in [5.41, 5.74) is 1.94. The van der Waals surface area contributed by atoms with Gasteiger partial charge >= 0.3 is 0 Å². The fraction of sp³-hybridized carbons (Fsp3) is 0.682. The number of nitrogens with one attached hydrogen (secondary N) is 1. The van der Waals surface area contributed by atoms with Crippen LogP contribution in [0.3, 0.4) is 0 Å². The van der Waals surface area contributed by atoms with Gasteiger partial charge in [-0.3, -0.25) is 9.69 Å². The molecule has 0 bridgehead atoms. The molecule has 1 amide bonds. The molecule has 1 N–H and O–H groups in total. The Bertz CT molecular complexity index is 563. The van der Waals surface area contributed by atoms with E-state index in [0.717, 1.165) is 45.3 Å². The zero-order valence-electron chi connectivity index (χ0n) is 15.4. The van der Waals surface area contributed by atoms with Crippen LogP contribution in [-0.2, 0) is 11.3 Å². The number of carbonyl (C=O) groups excluding carboxylic acids is 1. The molecule has 1 aliphatic heterocycles. The van der Waals surface area contributed by atoms with Gasteiger partial charge in [0.2, 0.25) is 5.91 Å². The van der Waals surface area contributed by atoms with E-state index in [9.17, 15) is 4.79 Å². The lowest BCUT2D eigenvalue weighted by Crippen LogP contribution is -2.51. The molecule has 136 valence electrons. The van der Waals surface area contributed by atoms with Crippen molar-refractivity contribution in [3.05, 3.63) is 35.9 Å². The summed E-state index contributed by atoms with van der Waals surface area (Å²) in [5.74, 6) is 0.651. The highest BCUT2D eigenvalue weighted by molar-refractivity contribution is 5.80. The number of likely N-dealkylation sites (tertiary alicyclic amines) is 1. The first kappa shape index (κ1) is 17.1. The third kappa shape index (κ3) is 4.08. The van der Waals surface area contributed by atoms with Crippen LogP contribution in [0.5, 0.6) is 0 Å². The Balaban J connectivity index is 1.18. The van der Waals surface area contributed by atoms with E-state index in [1.165, 1.54) is 37.7 Å². The minimum Gasteiger partial charge on any atom is -0.353 e. The van der Waals surface area contributed by atoms with Crippen molar-refractivity contribution >= 4 is 5.91 Å². The second-order valence-corrected chi connectivity index (χ2v) is 8.71. The molecule has 0 aromatic heterocycles. The van der Waals surface area contributed by atoms with Gasteiger partial charge in [-0.2, -0.15) is 0 Å². The van der Waals surface area contributed by atoms with Crippen molar-refractivity contribution in [3.63, 3.8) is 0 Å². The molecular formula is C22H32N2O. The number of piperidine rings is 1. The SMILES string of the molecule is O=C(NC1CCN(Cc2ccccc2)CC1)C1CC2(CCCCC2)C1. The average molecular weight is 341 g/mol. The average Bonchev–Trinajstić information content (AvgIpc) is 2.63. The van der Waals surface area contributed by atoms with Crippen molar-refractivity contribution in [3.8, 4) is 0 Å². The molecule has 1 spiro atoms. The molecule has 1 aromatic carbocycles. The molecule has 3 nitrogen and oxygen atoms in total. The van der Waals surface area contributed by atoms with E-state index in [4.69, 9.17) is 0 Å². The van der Waals surface area contributed by atoms with Gasteiger partial charge in [0, 0.05) is 31.6 Å². The van der Waals surface area contributed by atoms with Crippen molar-refractivity contribution in [1.82, 2.24) is 10.2 Å². The highest BCUT2D eigenvalue weighted by Crippen LogP contribution is 2.54.